The van der Waals surface area contributed by atoms with Gasteiger partial charge in [-0.25, -0.2) is 4.98 Å². The van der Waals surface area contributed by atoms with Gasteiger partial charge in [-0.15, -0.1) is 0 Å². The van der Waals surface area contributed by atoms with Crippen LogP contribution in [0, 0.1) is 6.92 Å². The average molecular weight is 181 g/mol. The molecule has 0 aliphatic rings. The van der Waals surface area contributed by atoms with E-state index < -0.39 is 0 Å². The molecule has 0 bridgehead atoms. The number of aromatic nitrogens is 2. The van der Waals surface area contributed by atoms with E-state index in [1.165, 1.54) is 5.69 Å². The van der Waals surface area contributed by atoms with Gasteiger partial charge in [0.15, 0.2) is 0 Å². The molecule has 0 saturated carbocycles. The van der Waals surface area contributed by atoms with Gasteiger partial charge in [0.2, 0.25) is 0 Å². The molecule has 0 aliphatic heterocycles. The van der Waals surface area contributed by atoms with Crippen molar-refractivity contribution in [3.63, 3.8) is 0 Å². The molecule has 1 aromatic heterocycles. The zero-order valence-electron chi connectivity index (χ0n) is 8.75. The lowest BCUT2D eigenvalue weighted by atomic mass is 9.92. The highest BCUT2D eigenvalue weighted by molar-refractivity contribution is 5.02. The van der Waals surface area contributed by atoms with Crippen LogP contribution in [-0.2, 0) is 5.54 Å². The summed E-state index contributed by atoms with van der Waals surface area (Å²) in [7, 11) is 0. The molecule has 1 heterocycles. The Hall–Kier alpha value is -0.830. The van der Waals surface area contributed by atoms with Crippen LogP contribution in [0.1, 0.15) is 32.4 Å². The summed E-state index contributed by atoms with van der Waals surface area (Å²) >= 11 is 0. The minimum absolute atomic E-state index is 0.0700. The second kappa shape index (κ2) is 3.92. The molecular formula is C10H19N3. The molecule has 0 aliphatic carbocycles. The van der Waals surface area contributed by atoms with Crippen molar-refractivity contribution in [2.75, 3.05) is 6.54 Å². The number of hydrogen-bond donors (Lipinski definition) is 1. The molecule has 0 spiro atoms. The van der Waals surface area contributed by atoms with Gasteiger partial charge in [-0.05, 0) is 19.8 Å². The first-order chi connectivity index (χ1) is 6.20. The zero-order valence-corrected chi connectivity index (χ0v) is 8.75. The van der Waals surface area contributed by atoms with E-state index in [-0.39, 0.29) is 5.54 Å². The molecule has 0 atom stereocenters. The minimum Gasteiger partial charge on any atom is -0.328 e. The van der Waals surface area contributed by atoms with Gasteiger partial charge in [-0.2, -0.15) is 0 Å². The summed E-state index contributed by atoms with van der Waals surface area (Å²) in [5, 5.41) is 0. The number of imidazole rings is 1. The summed E-state index contributed by atoms with van der Waals surface area (Å²) in [6.07, 6.45) is 5.87. The van der Waals surface area contributed by atoms with Crippen molar-refractivity contribution >= 4 is 0 Å². The van der Waals surface area contributed by atoms with E-state index in [9.17, 15) is 0 Å². The summed E-state index contributed by atoms with van der Waals surface area (Å²) in [6.45, 7) is 7.10. The van der Waals surface area contributed by atoms with Crippen LogP contribution in [0.25, 0.3) is 0 Å². The van der Waals surface area contributed by atoms with E-state index in [0.29, 0.717) is 6.54 Å². The number of nitrogens with two attached hydrogens (primary N) is 1. The summed E-state index contributed by atoms with van der Waals surface area (Å²) in [4.78, 5) is 4.14. The number of aryl methyl sites for hydroxylation is 1. The molecule has 0 amide bonds. The van der Waals surface area contributed by atoms with Crippen molar-refractivity contribution in [2.45, 2.75) is 39.2 Å². The Kier molecular flexibility index (Phi) is 3.09. The van der Waals surface area contributed by atoms with Gasteiger partial charge in [-0.3, -0.25) is 0 Å². The topological polar surface area (TPSA) is 43.8 Å². The Morgan fingerprint density at radius 3 is 2.38 bits per heavy atom. The molecule has 2 N–H and O–H groups in total. The Labute approximate surface area is 80.0 Å². The predicted octanol–water partition coefficient (Wildman–Crippen LogP) is 1.67. The van der Waals surface area contributed by atoms with Gasteiger partial charge in [0.25, 0.3) is 0 Å². The van der Waals surface area contributed by atoms with Gasteiger partial charge < -0.3 is 10.3 Å². The molecule has 74 valence electrons. The van der Waals surface area contributed by atoms with Crippen molar-refractivity contribution in [1.29, 1.82) is 0 Å². The maximum absolute atomic E-state index is 5.84. The van der Waals surface area contributed by atoms with E-state index in [1.807, 2.05) is 12.5 Å². The fourth-order valence-corrected chi connectivity index (χ4v) is 1.84. The Morgan fingerprint density at radius 2 is 2.08 bits per heavy atom. The molecule has 0 aromatic carbocycles. The monoisotopic (exact) mass is 181 g/mol. The van der Waals surface area contributed by atoms with Crippen LogP contribution in [-0.4, -0.2) is 16.1 Å². The van der Waals surface area contributed by atoms with Crippen molar-refractivity contribution < 1.29 is 0 Å². The Bertz CT molecular complexity index is 253. The first kappa shape index (κ1) is 10.3. The Balaban J connectivity index is 3.07. The van der Waals surface area contributed by atoms with Crippen molar-refractivity contribution in [3.05, 3.63) is 18.2 Å². The summed E-state index contributed by atoms with van der Waals surface area (Å²) in [5.41, 5.74) is 7.10. The molecule has 13 heavy (non-hydrogen) atoms. The van der Waals surface area contributed by atoms with Gasteiger partial charge in [0, 0.05) is 18.4 Å². The maximum Gasteiger partial charge on any atom is 0.0953 e. The predicted molar refractivity (Wildman–Crippen MR) is 54.6 cm³/mol. The lowest BCUT2D eigenvalue weighted by molar-refractivity contribution is 0.266. The molecule has 0 radical (unpaired) electrons. The molecule has 0 fully saturated rings. The van der Waals surface area contributed by atoms with E-state index >= 15 is 0 Å². The third-order valence-corrected chi connectivity index (χ3v) is 3.03. The van der Waals surface area contributed by atoms with Crippen LogP contribution < -0.4 is 5.73 Å². The normalized spacial score (nSPS) is 12.0. The first-order valence-electron chi connectivity index (χ1n) is 4.89. The van der Waals surface area contributed by atoms with Crippen LogP contribution in [0.4, 0.5) is 0 Å². The van der Waals surface area contributed by atoms with E-state index in [0.717, 1.165) is 12.8 Å². The van der Waals surface area contributed by atoms with E-state index in [2.05, 4.69) is 30.3 Å². The fourth-order valence-electron chi connectivity index (χ4n) is 1.84. The Morgan fingerprint density at radius 1 is 1.46 bits per heavy atom. The third kappa shape index (κ3) is 1.61. The molecule has 0 saturated heterocycles. The van der Waals surface area contributed by atoms with Crippen LogP contribution in [0.3, 0.4) is 0 Å². The van der Waals surface area contributed by atoms with E-state index in [1.54, 1.807) is 0 Å². The third-order valence-electron chi connectivity index (χ3n) is 3.03. The molecule has 1 aromatic rings. The second-order valence-corrected chi connectivity index (χ2v) is 3.54. The highest BCUT2D eigenvalue weighted by Gasteiger charge is 2.26. The molecular weight excluding hydrogens is 162 g/mol. The van der Waals surface area contributed by atoms with E-state index in [4.69, 9.17) is 5.73 Å². The quantitative estimate of drug-likeness (QED) is 0.767. The van der Waals surface area contributed by atoms with Gasteiger partial charge in [-0.1, -0.05) is 13.8 Å². The first-order valence-corrected chi connectivity index (χ1v) is 4.89. The van der Waals surface area contributed by atoms with Crippen molar-refractivity contribution in [1.82, 2.24) is 9.55 Å². The smallest absolute Gasteiger partial charge is 0.0953 e. The zero-order chi connectivity index (χ0) is 9.90. The van der Waals surface area contributed by atoms with Gasteiger partial charge in [0.1, 0.15) is 0 Å². The van der Waals surface area contributed by atoms with Crippen LogP contribution in [0.2, 0.25) is 0 Å². The summed E-state index contributed by atoms with van der Waals surface area (Å²) < 4.78 is 2.20. The molecule has 1 rings (SSSR count). The lowest BCUT2D eigenvalue weighted by Gasteiger charge is -2.33. The number of nitrogens with zero attached hydrogens (tertiary/aromatic N) is 2. The summed E-state index contributed by atoms with van der Waals surface area (Å²) in [6, 6.07) is 0. The van der Waals surface area contributed by atoms with Crippen LogP contribution in [0.15, 0.2) is 12.5 Å². The van der Waals surface area contributed by atoms with Crippen LogP contribution >= 0.6 is 0 Å². The highest BCUT2D eigenvalue weighted by Crippen LogP contribution is 2.24. The largest absolute Gasteiger partial charge is 0.328 e. The standard InChI is InChI=1S/C10H19N3/c1-4-10(5-2,7-11)13-8-12-6-9(13)3/h6,8H,4-5,7,11H2,1-3H3. The molecule has 3 heteroatoms. The minimum atomic E-state index is 0.0700. The SMILES string of the molecule is CCC(CC)(CN)n1cncc1C. The second-order valence-electron chi connectivity index (χ2n) is 3.54. The molecule has 3 nitrogen and oxygen atoms in total. The van der Waals surface area contributed by atoms with Crippen LogP contribution in [0.5, 0.6) is 0 Å². The van der Waals surface area contributed by atoms with Crippen molar-refractivity contribution in [3.8, 4) is 0 Å². The van der Waals surface area contributed by atoms with Crippen molar-refractivity contribution in [2.24, 2.45) is 5.73 Å². The summed E-state index contributed by atoms with van der Waals surface area (Å²) in [5.74, 6) is 0. The number of hydrogen-bond acceptors (Lipinski definition) is 2. The lowest BCUT2D eigenvalue weighted by Crippen LogP contribution is -2.40. The number of rotatable bonds is 4. The highest BCUT2D eigenvalue weighted by atomic mass is 15.1. The van der Waals surface area contributed by atoms with Gasteiger partial charge in [0.05, 0.1) is 11.9 Å². The van der Waals surface area contributed by atoms with Gasteiger partial charge >= 0.3 is 0 Å². The average Bonchev–Trinajstić information content (AvgIpc) is 2.57. The maximum atomic E-state index is 5.84. The fraction of sp³-hybridized carbons (Fsp3) is 0.700. The molecule has 0 unspecified atom stereocenters.